The standard InChI is InChI=1S/C15H13NO2.C8H17NO2/c16-14(15(17)18)13(11-7-3-1-4-8-11)12-9-5-2-6-10-12;1-3-4-5-6-7-8(2)11-9-10/h1-10H,16H2,(H,17,18);8H,3-7H2,1-2H3. The predicted molar refractivity (Wildman–Crippen MR) is 116 cm³/mol. The van der Waals surface area contributed by atoms with Crippen molar-refractivity contribution < 1.29 is 14.7 Å². The number of nitrogens with zero attached hydrogens (tertiary/aromatic N) is 1. The van der Waals surface area contributed by atoms with Gasteiger partial charge in [-0.3, -0.25) is 0 Å². The Morgan fingerprint density at radius 1 is 1.00 bits per heavy atom. The molecule has 0 saturated carbocycles. The van der Waals surface area contributed by atoms with Crippen LogP contribution < -0.4 is 5.73 Å². The van der Waals surface area contributed by atoms with E-state index in [1.165, 1.54) is 19.3 Å². The summed E-state index contributed by atoms with van der Waals surface area (Å²) in [6.07, 6.45) is 5.78. The molecule has 0 aliphatic rings. The van der Waals surface area contributed by atoms with Gasteiger partial charge < -0.3 is 15.7 Å². The van der Waals surface area contributed by atoms with Crippen LogP contribution in [0.25, 0.3) is 5.57 Å². The van der Waals surface area contributed by atoms with Crippen LogP contribution in [0.3, 0.4) is 0 Å². The summed E-state index contributed by atoms with van der Waals surface area (Å²) in [5, 5.41) is 11.5. The van der Waals surface area contributed by atoms with Crippen LogP contribution in [-0.2, 0) is 9.63 Å². The summed E-state index contributed by atoms with van der Waals surface area (Å²) < 4.78 is 0. The van der Waals surface area contributed by atoms with Crippen LogP contribution in [0.15, 0.2) is 71.7 Å². The molecule has 0 amide bonds. The van der Waals surface area contributed by atoms with Gasteiger partial charge in [0.05, 0.1) is 0 Å². The van der Waals surface area contributed by atoms with Gasteiger partial charge in [0.25, 0.3) is 0 Å². The Balaban J connectivity index is 0.000000331. The number of aliphatic carboxylic acids is 1. The number of nitrogens with two attached hydrogens (primary N) is 1. The van der Waals surface area contributed by atoms with E-state index in [1.54, 1.807) is 0 Å². The minimum atomic E-state index is -1.11. The van der Waals surface area contributed by atoms with E-state index in [0.717, 1.165) is 24.0 Å². The van der Waals surface area contributed by atoms with E-state index in [9.17, 15) is 9.70 Å². The van der Waals surface area contributed by atoms with Gasteiger partial charge in [-0.2, -0.15) is 0 Å². The molecule has 2 rings (SSSR count). The third kappa shape index (κ3) is 9.06. The molecule has 0 radical (unpaired) electrons. The maximum atomic E-state index is 11.1. The molecule has 0 fully saturated rings. The van der Waals surface area contributed by atoms with Gasteiger partial charge in [-0.25, -0.2) is 4.79 Å². The van der Waals surface area contributed by atoms with Crippen LogP contribution in [0.1, 0.15) is 57.1 Å². The van der Waals surface area contributed by atoms with Crippen LogP contribution in [0.4, 0.5) is 0 Å². The molecule has 0 aliphatic carbocycles. The molecular formula is C23H30N2O4. The largest absolute Gasteiger partial charge is 0.477 e. The first kappa shape index (κ1) is 23.9. The van der Waals surface area contributed by atoms with Gasteiger partial charge in [0, 0.05) is 5.57 Å². The van der Waals surface area contributed by atoms with E-state index in [-0.39, 0.29) is 11.8 Å². The number of hydrogen-bond donors (Lipinski definition) is 2. The Kier molecular flexibility index (Phi) is 11.5. The zero-order chi connectivity index (χ0) is 21.5. The second kappa shape index (κ2) is 13.9. The lowest BCUT2D eigenvalue weighted by Crippen LogP contribution is -2.13. The number of unbranched alkanes of at least 4 members (excludes halogenated alkanes) is 3. The summed E-state index contributed by atoms with van der Waals surface area (Å²) in [6, 6.07) is 18.6. The number of carboxylic acids is 1. The fourth-order valence-electron chi connectivity index (χ4n) is 2.78. The molecule has 3 N–H and O–H groups in total. The van der Waals surface area contributed by atoms with E-state index in [2.05, 4.69) is 17.1 Å². The third-order valence-electron chi connectivity index (χ3n) is 4.31. The molecule has 0 saturated heterocycles. The Hall–Kier alpha value is -3.15. The molecule has 2 aromatic rings. The summed E-state index contributed by atoms with van der Waals surface area (Å²) in [5.41, 5.74) is 7.69. The number of carbonyl (C=O) groups is 1. The van der Waals surface area contributed by atoms with Crippen molar-refractivity contribution in [2.24, 2.45) is 11.1 Å². The molecule has 1 unspecified atom stereocenters. The van der Waals surface area contributed by atoms with Crippen LogP contribution in [0, 0.1) is 4.91 Å². The lowest BCUT2D eigenvalue weighted by Gasteiger charge is -2.10. The molecule has 156 valence electrons. The predicted octanol–water partition coefficient (Wildman–Crippen LogP) is 5.53. The average Bonchev–Trinajstić information content (AvgIpc) is 2.73. The molecule has 2 aromatic carbocycles. The Labute approximate surface area is 172 Å². The first-order valence-electron chi connectivity index (χ1n) is 9.83. The molecule has 6 heteroatoms. The maximum Gasteiger partial charge on any atom is 0.352 e. The molecule has 0 bridgehead atoms. The van der Waals surface area contributed by atoms with Crippen molar-refractivity contribution in [1.29, 1.82) is 0 Å². The number of benzene rings is 2. The first-order chi connectivity index (χ1) is 14.0. The second-order valence-corrected chi connectivity index (χ2v) is 6.67. The average molecular weight is 399 g/mol. The van der Waals surface area contributed by atoms with E-state index in [4.69, 9.17) is 10.8 Å². The minimum Gasteiger partial charge on any atom is -0.477 e. The lowest BCUT2D eigenvalue weighted by molar-refractivity contribution is -0.132. The van der Waals surface area contributed by atoms with Gasteiger partial charge in [-0.1, -0.05) is 86.8 Å². The molecule has 0 heterocycles. The van der Waals surface area contributed by atoms with E-state index < -0.39 is 5.97 Å². The van der Waals surface area contributed by atoms with Crippen LogP contribution in [0.2, 0.25) is 0 Å². The van der Waals surface area contributed by atoms with Gasteiger partial charge in [-0.05, 0) is 30.9 Å². The zero-order valence-corrected chi connectivity index (χ0v) is 17.1. The van der Waals surface area contributed by atoms with Crippen LogP contribution >= 0.6 is 0 Å². The molecule has 0 aliphatic heterocycles. The quantitative estimate of drug-likeness (QED) is 0.237. The van der Waals surface area contributed by atoms with Gasteiger partial charge >= 0.3 is 5.97 Å². The number of carboxylic acid groups (broad SMARTS) is 1. The summed E-state index contributed by atoms with van der Waals surface area (Å²) in [4.78, 5) is 25.2. The fourth-order valence-corrected chi connectivity index (χ4v) is 2.78. The summed E-state index contributed by atoms with van der Waals surface area (Å²) in [7, 11) is 0. The van der Waals surface area contributed by atoms with Gasteiger partial charge in [0.1, 0.15) is 11.8 Å². The van der Waals surface area contributed by atoms with Gasteiger partial charge in [0.2, 0.25) is 0 Å². The van der Waals surface area contributed by atoms with Crippen LogP contribution in [0.5, 0.6) is 0 Å². The van der Waals surface area contributed by atoms with Crippen molar-refractivity contribution in [3.63, 3.8) is 0 Å². The zero-order valence-electron chi connectivity index (χ0n) is 17.1. The van der Waals surface area contributed by atoms with Gasteiger partial charge in [0.15, 0.2) is 5.34 Å². The fraction of sp³-hybridized carbons (Fsp3) is 0.348. The first-order valence-corrected chi connectivity index (χ1v) is 9.83. The highest BCUT2D eigenvalue weighted by Crippen LogP contribution is 2.25. The second-order valence-electron chi connectivity index (χ2n) is 6.67. The lowest BCUT2D eigenvalue weighted by atomic mass is 9.96. The highest BCUT2D eigenvalue weighted by molar-refractivity contribution is 5.99. The topological polar surface area (TPSA) is 102 Å². The smallest absolute Gasteiger partial charge is 0.352 e. The third-order valence-corrected chi connectivity index (χ3v) is 4.31. The SMILES string of the molecule is CCCCCCC(C)ON=O.NC(C(=O)O)=C(c1ccccc1)c1ccccc1. The summed E-state index contributed by atoms with van der Waals surface area (Å²) >= 11 is 0. The van der Waals surface area contributed by atoms with Crippen molar-refractivity contribution in [1.82, 2.24) is 0 Å². The highest BCUT2D eigenvalue weighted by Gasteiger charge is 2.14. The van der Waals surface area contributed by atoms with Crippen molar-refractivity contribution in [3.05, 3.63) is 82.4 Å². The van der Waals surface area contributed by atoms with Crippen LogP contribution in [-0.4, -0.2) is 17.2 Å². The molecule has 0 spiro atoms. The van der Waals surface area contributed by atoms with Crippen molar-refractivity contribution in [3.8, 4) is 0 Å². The molecular weight excluding hydrogens is 368 g/mol. The van der Waals surface area contributed by atoms with E-state index in [1.807, 2.05) is 67.6 Å². The normalized spacial score (nSPS) is 10.8. The Bertz CT molecular complexity index is 719. The minimum absolute atomic E-state index is 0.00986. The monoisotopic (exact) mass is 398 g/mol. The number of rotatable bonds is 10. The summed E-state index contributed by atoms with van der Waals surface area (Å²) in [5.74, 6) is -1.11. The Morgan fingerprint density at radius 3 is 1.93 bits per heavy atom. The number of hydrogen-bond acceptors (Lipinski definition) is 5. The van der Waals surface area contributed by atoms with Crippen molar-refractivity contribution in [2.75, 3.05) is 0 Å². The molecule has 1 atom stereocenters. The molecule has 0 aromatic heterocycles. The van der Waals surface area contributed by atoms with E-state index in [0.29, 0.717) is 5.57 Å². The molecule has 6 nitrogen and oxygen atoms in total. The van der Waals surface area contributed by atoms with E-state index >= 15 is 0 Å². The molecule has 29 heavy (non-hydrogen) atoms. The highest BCUT2D eigenvalue weighted by atomic mass is 16.7. The van der Waals surface area contributed by atoms with Crippen molar-refractivity contribution in [2.45, 2.75) is 52.1 Å². The van der Waals surface area contributed by atoms with Gasteiger partial charge in [-0.15, -0.1) is 4.91 Å². The Morgan fingerprint density at radius 2 is 1.52 bits per heavy atom. The maximum absolute atomic E-state index is 11.1. The van der Waals surface area contributed by atoms with Crippen molar-refractivity contribution >= 4 is 11.5 Å². The summed E-state index contributed by atoms with van der Waals surface area (Å²) in [6.45, 7) is 4.04.